The molecule has 2 aromatic carbocycles. The number of aliphatic imine (C=N–C) groups is 1. The quantitative estimate of drug-likeness (QED) is 0.847. The molecule has 3 rings (SSSR count). The highest BCUT2D eigenvalue weighted by Gasteiger charge is 2.31. The molecule has 1 aliphatic heterocycles. The van der Waals surface area contributed by atoms with Gasteiger partial charge in [-0.25, -0.2) is 5.06 Å². The van der Waals surface area contributed by atoms with E-state index in [-0.39, 0.29) is 0 Å². The summed E-state index contributed by atoms with van der Waals surface area (Å²) in [5, 5.41) is 13.4. The summed E-state index contributed by atoms with van der Waals surface area (Å²) in [5.74, 6) is 0.522. The number of fused-ring (bicyclic) bond motifs is 2. The van der Waals surface area contributed by atoms with Crippen molar-refractivity contribution in [3.05, 3.63) is 60.2 Å². The van der Waals surface area contributed by atoms with E-state index in [0.717, 1.165) is 38.1 Å². The van der Waals surface area contributed by atoms with Crippen LogP contribution < -0.4 is 0 Å². The molecule has 0 radical (unpaired) electrons. The monoisotopic (exact) mass is 264 g/mol. The van der Waals surface area contributed by atoms with E-state index in [1.54, 1.807) is 7.05 Å². The zero-order valence-electron chi connectivity index (χ0n) is 11.6. The van der Waals surface area contributed by atoms with Gasteiger partial charge in [-0.05, 0) is 34.9 Å². The van der Waals surface area contributed by atoms with E-state index in [1.807, 2.05) is 25.1 Å². The molecule has 1 heterocycles. The maximum Gasteiger partial charge on any atom is 0.161 e. The average molecular weight is 264 g/mol. The number of hydroxylamine groups is 2. The van der Waals surface area contributed by atoms with Crippen molar-refractivity contribution in [1.82, 2.24) is 5.06 Å². The van der Waals surface area contributed by atoms with Crippen LogP contribution in [0.15, 0.2) is 48.5 Å². The molecular formula is C17H16N2O. The highest BCUT2D eigenvalue weighted by Crippen LogP contribution is 2.39. The van der Waals surface area contributed by atoms with Gasteiger partial charge in [0.2, 0.25) is 0 Å². The number of hydrogen-bond donors (Lipinski definition) is 1. The van der Waals surface area contributed by atoms with E-state index in [0.29, 0.717) is 11.5 Å². The van der Waals surface area contributed by atoms with E-state index < -0.39 is 0 Å². The van der Waals surface area contributed by atoms with Crippen molar-refractivity contribution in [2.24, 2.45) is 4.99 Å². The van der Waals surface area contributed by atoms with Gasteiger partial charge in [0.25, 0.3) is 0 Å². The van der Waals surface area contributed by atoms with Gasteiger partial charge in [-0.15, -0.1) is 0 Å². The third-order valence-electron chi connectivity index (χ3n) is 3.68. The van der Waals surface area contributed by atoms with Crippen molar-refractivity contribution in [2.45, 2.75) is 6.92 Å². The Hall–Kier alpha value is -2.39. The summed E-state index contributed by atoms with van der Waals surface area (Å²) in [6.07, 6.45) is 0. The van der Waals surface area contributed by atoms with Gasteiger partial charge in [-0.1, -0.05) is 37.4 Å². The van der Waals surface area contributed by atoms with Gasteiger partial charge < -0.3 is 0 Å². The van der Waals surface area contributed by atoms with Gasteiger partial charge in [0.1, 0.15) is 0 Å². The maximum absolute atomic E-state index is 10.2. The lowest BCUT2D eigenvalue weighted by molar-refractivity contribution is 0.0553. The molecule has 20 heavy (non-hydrogen) atoms. The largest absolute Gasteiger partial charge is 0.282 e. The normalized spacial score (nSPS) is 16.1. The lowest BCUT2D eigenvalue weighted by atomic mass is 9.91. The summed E-state index contributed by atoms with van der Waals surface area (Å²) in [4.78, 5) is 4.20. The number of amidine groups is 1. The minimum atomic E-state index is 0.522. The zero-order valence-corrected chi connectivity index (χ0v) is 11.6. The highest BCUT2D eigenvalue weighted by atomic mass is 16.5. The summed E-state index contributed by atoms with van der Waals surface area (Å²) >= 11 is 0. The van der Waals surface area contributed by atoms with Crippen LogP contribution in [-0.4, -0.2) is 23.2 Å². The van der Waals surface area contributed by atoms with Gasteiger partial charge in [0.15, 0.2) is 5.84 Å². The van der Waals surface area contributed by atoms with Crippen LogP contribution in [0.25, 0.3) is 22.0 Å². The summed E-state index contributed by atoms with van der Waals surface area (Å²) < 4.78 is 0. The van der Waals surface area contributed by atoms with Crippen LogP contribution in [0, 0.1) is 0 Å². The predicted molar refractivity (Wildman–Crippen MR) is 83.8 cm³/mol. The fourth-order valence-electron chi connectivity index (χ4n) is 2.81. The molecule has 0 unspecified atom stereocenters. The van der Waals surface area contributed by atoms with Crippen LogP contribution in [0.2, 0.25) is 0 Å². The molecule has 0 spiro atoms. The zero-order chi connectivity index (χ0) is 14.4. The van der Waals surface area contributed by atoms with Crippen LogP contribution in [-0.2, 0) is 0 Å². The summed E-state index contributed by atoms with van der Waals surface area (Å²) in [5.41, 5.74) is 4.34. The predicted octanol–water partition coefficient (Wildman–Crippen LogP) is 3.92. The van der Waals surface area contributed by atoms with Gasteiger partial charge in [0, 0.05) is 18.2 Å². The third kappa shape index (κ3) is 1.53. The Morgan fingerprint density at radius 3 is 2.65 bits per heavy atom. The van der Waals surface area contributed by atoms with Crippen LogP contribution in [0.3, 0.4) is 0 Å². The maximum atomic E-state index is 10.2. The second-order valence-corrected chi connectivity index (χ2v) is 4.98. The Labute approximate surface area is 118 Å². The second kappa shape index (κ2) is 4.32. The summed E-state index contributed by atoms with van der Waals surface area (Å²) in [6, 6.07) is 10.2. The topological polar surface area (TPSA) is 35.8 Å². The first-order valence-corrected chi connectivity index (χ1v) is 6.43. The Kier molecular flexibility index (Phi) is 2.73. The number of nitrogens with zero attached hydrogens (tertiary/aromatic N) is 2. The number of rotatable bonds is 1. The van der Waals surface area contributed by atoms with Crippen LogP contribution in [0.4, 0.5) is 0 Å². The van der Waals surface area contributed by atoms with Gasteiger partial charge in [-0.3, -0.25) is 10.2 Å². The Balaban J connectivity index is 2.53. The van der Waals surface area contributed by atoms with Gasteiger partial charge in [-0.2, -0.15) is 0 Å². The van der Waals surface area contributed by atoms with Crippen molar-refractivity contribution < 1.29 is 5.21 Å². The third-order valence-corrected chi connectivity index (χ3v) is 3.68. The minimum absolute atomic E-state index is 0.522. The standard InChI is InChI=1S/C17H16N2O/c1-10(2)15-13-8-6-5-7-12(13)9-14-11(3)19(20)17(18-4)16(14)15/h5-9,20H,1,3H2,2,4H3. The second-order valence-electron chi connectivity index (χ2n) is 4.98. The SMILES string of the molecule is C=C(C)c1c2c(cc3ccccc13)C(=C)N(O)C2=NC. The smallest absolute Gasteiger partial charge is 0.161 e. The van der Waals surface area contributed by atoms with Crippen LogP contribution in [0.5, 0.6) is 0 Å². The molecule has 0 bridgehead atoms. The molecule has 3 heteroatoms. The van der Waals surface area contributed by atoms with Crippen LogP contribution >= 0.6 is 0 Å². The molecule has 0 aliphatic carbocycles. The molecule has 0 atom stereocenters. The van der Waals surface area contributed by atoms with E-state index in [1.165, 1.54) is 0 Å². The molecular weight excluding hydrogens is 248 g/mol. The Morgan fingerprint density at radius 1 is 1.30 bits per heavy atom. The first kappa shape index (κ1) is 12.6. The first-order valence-electron chi connectivity index (χ1n) is 6.43. The molecule has 0 saturated carbocycles. The fourth-order valence-corrected chi connectivity index (χ4v) is 2.81. The fraction of sp³-hybridized carbons (Fsp3) is 0.118. The number of benzene rings is 2. The molecule has 0 aromatic heterocycles. The lowest BCUT2D eigenvalue weighted by Crippen LogP contribution is -2.19. The molecule has 1 aliphatic rings. The highest BCUT2D eigenvalue weighted by molar-refractivity contribution is 6.17. The number of allylic oxidation sites excluding steroid dienone is 1. The summed E-state index contributed by atoms with van der Waals surface area (Å²) in [6.45, 7) is 10.0. The molecule has 0 fully saturated rings. The Bertz CT molecular complexity index is 787. The van der Waals surface area contributed by atoms with E-state index in [2.05, 4.69) is 30.3 Å². The molecule has 2 aromatic rings. The Morgan fingerprint density at radius 2 is 2.00 bits per heavy atom. The molecule has 3 nitrogen and oxygen atoms in total. The number of hydrogen-bond acceptors (Lipinski definition) is 2. The molecule has 0 amide bonds. The molecule has 1 N–H and O–H groups in total. The van der Waals surface area contributed by atoms with E-state index in [9.17, 15) is 5.21 Å². The van der Waals surface area contributed by atoms with E-state index >= 15 is 0 Å². The van der Waals surface area contributed by atoms with Crippen molar-refractivity contribution in [2.75, 3.05) is 7.05 Å². The lowest BCUT2D eigenvalue weighted by Gasteiger charge is -2.13. The molecule has 0 saturated heterocycles. The van der Waals surface area contributed by atoms with Crippen LogP contribution in [0.1, 0.15) is 23.6 Å². The van der Waals surface area contributed by atoms with E-state index in [4.69, 9.17) is 0 Å². The van der Waals surface area contributed by atoms with Gasteiger partial charge in [0.05, 0.1) is 5.70 Å². The van der Waals surface area contributed by atoms with Crippen molar-refractivity contribution in [1.29, 1.82) is 0 Å². The van der Waals surface area contributed by atoms with Crippen molar-refractivity contribution >= 4 is 27.9 Å². The molecule has 100 valence electrons. The average Bonchev–Trinajstić information content (AvgIpc) is 2.68. The van der Waals surface area contributed by atoms with Crippen molar-refractivity contribution in [3.8, 4) is 0 Å². The van der Waals surface area contributed by atoms with Crippen molar-refractivity contribution in [3.63, 3.8) is 0 Å². The minimum Gasteiger partial charge on any atom is -0.282 e. The first-order chi connectivity index (χ1) is 9.56. The summed E-state index contributed by atoms with van der Waals surface area (Å²) in [7, 11) is 1.67. The van der Waals surface area contributed by atoms with Gasteiger partial charge >= 0.3 is 0 Å².